The molecular weight excluding hydrogens is 410 g/mol. The Hall–Kier alpha value is -3.81. The van der Waals surface area contributed by atoms with E-state index in [0.717, 1.165) is 22.1 Å². The molecule has 0 aliphatic heterocycles. The van der Waals surface area contributed by atoms with Crippen molar-refractivity contribution in [3.63, 3.8) is 0 Å². The molecule has 5 rings (SSSR count). The van der Waals surface area contributed by atoms with Gasteiger partial charge in [-0.25, -0.2) is 0 Å². The maximum Gasteiger partial charge on any atom is 0.0467 e. The molecule has 0 spiro atoms. The fraction of sp³-hybridized carbons (Fsp3) is 0. The second kappa shape index (κ2) is 9.13. The summed E-state index contributed by atoms with van der Waals surface area (Å²) in [4.78, 5) is 2.27. The van der Waals surface area contributed by atoms with Gasteiger partial charge >= 0.3 is 0 Å². The Morgan fingerprint density at radius 2 is 0.812 bits per heavy atom. The molecule has 0 saturated carbocycles. The van der Waals surface area contributed by atoms with Gasteiger partial charge in [-0.3, -0.25) is 0 Å². The van der Waals surface area contributed by atoms with E-state index >= 15 is 0 Å². The van der Waals surface area contributed by atoms with E-state index in [0.29, 0.717) is 0 Å². The van der Waals surface area contributed by atoms with Crippen LogP contribution in [0.25, 0.3) is 22.3 Å². The minimum Gasteiger partial charge on any atom is -0.310 e. The molecule has 0 fully saturated rings. The molecule has 0 saturated heterocycles. The second-order valence-corrected chi connectivity index (χ2v) is 8.08. The molecule has 5 aromatic rings. The van der Waals surface area contributed by atoms with Crippen molar-refractivity contribution in [3.05, 3.63) is 138 Å². The highest BCUT2D eigenvalue weighted by Crippen LogP contribution is 2.38. The van der Waals surface area contributed by atoms with Gasteiger partial charge in [0.05, 0.1) is 0 Å². The number of halogens is 1. The normalized spacial score (nSPS) is 10.7. The summed E-state index contributed by atoms with van der Waals surface area (Å²) >= 11 is 6.20. The van der Waals surface area contributed by atoms with Gasteiger partial charge in [0.25, 0.3) is 0 Å². The van der Waals surface area contributed by atoms with Crippen LogP contribution in [-0.2, 0) is 0 Å². The van der Waals surface area contributed by atoms with Gasteiger partial charge in [0.2, 0.25) is 0 Å². The SMILES string of the molecule is Clc1ccc(N(c2cccc(-c3ccccc3)c2)c2cccc(-c3ccccc3)c2)cc1. The highest BCUT2D eigenvalue weighted by atomic mass is 35.5. The second-order valence-electron chi connectivity index (χ2n) is 7.64. The fourth-order valence-electron chi connectivity index (χ4n) is 3.95. The number of rotatable bonds is 5. The van der Waals surface area contributed by atoms with Crippen LogP contribution in [0.5, 0.6) is 0 Å². The third-order valence-electron chi connectivity index (χ3n) is 5.51. The first-order valence-electron chi connectivity index (χ1n) is 10.6. The standard InChI is InChI=1S/C30H22ClN/c31-27-17-19-28(20-18-27)32(29-15-7-13-25(21-29)23-9-3-1-4-10-23)30-16-8-14-26(22-30)24-11-5-2-6-12-24/h1-22H. The van der Waals surface area contributed by atoms with Gasteiger partial charge < -0.3 is 4.90 Å². The van der Waals surface area contributed by atoms with E-state index in [-0.39, 0.29) is 0 Å². The van der Waals surface area contributed by atoms with E-state index in [2.05, 4.69) is 114 Å². The Morgan fingerprint density at radius 1 is 0.375 bits per heavy atom. The van der Waals surface area contributed by atoms with Gasteiger partial charge in [0.15, 0.2) is 0 Å². The number of anilines is 3. The Kier molecular flexibility index (Phi) is 5.74. The van der Waals surface area contributed by atoms with Crippen LogP contribution >= 0.6 is 11.6 Å². The van der Waals surface area contributed by atoms with Crippen LogP contribution in [0.15, 0.2) is 133 Å². The third kappa shape index (κ3) is 4.30. The topological polar surface area (TPSA) is 3.24 Å². The minimum atomic E-state index is 0.727. The number of hydrogen-bond acceptors (Lipinski definition) is 1. The van der Waals surface area contributed by atoms with Crippen molar-refractivity contribution in [1.82, 2.24) is 0 Å². The Balaban J connectivity index is 1.64. The van der Waals surface area contributed by atoms with Gasteiger partial charge in [-0.05, 0) is 70.8 Å². The molecule has 154 valence electrons. The van der Waals surface area contributed by atoms with Crippen LogP contribution in [0, 0.1) is 0 Å². The van der Waals surface area contributed by atoms with Crippen molar-refractivity contribution in [1.29, 1.82) is 0 Å². The van der Waals surface area contributed by atoms with E-state index in [4.69, 9.17) is 11.6 Å². The lowest BCUT2D eigenvalue weighted by atomic mass is 10.0. The smallest absolute Gasteiger partial charge is 0.0467 e. The summed E-state index contributed by atoms with van der Waals surface area (Å²) < 4.78 is 0. The van der Waals surface area contributed by atoms with Gasteiger partial charge in [0, 0.05) is 22.1 Å². The third-order valence-corrected chi connectivity index (χ3v) is 5.76. The van der Waals surface area contributed by atoms with Gasteiger partial charge in [-0.15, -0.1) is 0 Å². The average Bonchev–Trinajstić information content (AvgIpc) is 2.87. The van der Waals surface area contributed by atoms with Crippen LogP contribution < -0.4 is 4.90 Å². The van der Waals surface area contributed by atoms with Crippen molar-refractivity contribution in [2.45, 2.75) is 0 Å². The first-order valence-corrected chi connectivity index (χ1v) is 11.0. The zero-order chi connectivity index (χ0) is 21.8. The van der Waals surface area contributed by atoms with E-state index in [1.54, 1.807) is 0 Å². The van der Waals surface area contributed by atoms with Gasteiger partial charge in [-0.1, -0.05) is 96.5 Å². The summed E-state index contributed by atoms with van der Waals surface area (Å²) in [6.07, 6.45) is 0. The molecule has 32 heavy (non-hydrogen) atoms. The van der Waals surface area contributed by atoms with E-state index < -0.39 is 0 Å². The molecule has 0 heterocycles. The van der Waals surface area contributed by atoms with Crippen LogP contribution in [-0.4, -0.2) is 0 Å². The van der Waals surface area contributed by atoms with Gasteiger partial charge in [0.1, 0.15) is 0 Å². The molecular formula is C30H22ClN. The average molecular weight is 432 g/mol. The molecule has 5 aromatic carbocycles. The highest BCUT2D eigenvalue weighted by molar-refractivity contribution is 6.30. The molecule has 0 amide bonds. The highest BCUT2D eigenvalue weighted by Gasteiger charge is 2.14. The predicted octanol–water partition coefficient (Wildman–Crippen LogP) is 9.14. The molecule has 0 aliphatic carbocycles. The Bertz CT molecular complexity index is 1230. The maximum absolute atomic E-state index is 6.20. The first kappa shape index (κ1) is 20.1. The monoisotopic (exact) mass is 431 g/mol. The summed E-state index contributed by atoms with van der Waals surface area (Å²) in [5, 5.41) is 0.727. The van der Waals surface area contributed by atoms with Crippen molar-refractivity contribution >= 4 is 28.7 Å². The Labute approximate surface area is 194 Å². The summed E-state index contributed by atoms with van der Waals surface area (Å²) in [5.74, 6) is 0. The number of hydrogen-bond donors (Lipinski definition) is 0. The minimum absolute atomic E-state index is 0.727. The quantitative estimate of drug-likeness (QED) is 0.268. The lowest BCUT2D eigenvalue weighted by Gasteiger charge is -2.26. The summed E-state index contributed by atoms with van der Waals surface area (Å²) in [6.45, 7) is 0. The molecule has 0 aromatic heterocycles. The summed E-state index contributed by atoms with van der Waals surface area (Å²) in [5.41, 5.74) is 8.01. The molecule has 0 radical (unpaired) electrons. The maximum atomic E-state index is 6.20. The molecule has 0 unspecified atom stereocenters. The van der Waals surface area contributed by atoms with Crippen molar-refractivity contribution < 1.29 is 0 Å². The molecule has 0 atom stereocenters. The Morgan fingerprint density at radius 3 is 1.28 bits per heavy atom. The molecule has 1 nitrogen and oxygen atoms in total. The molecule has 0 N–H and O–H groups in total. The zero-order valence-corrected chi connectivity index (χ0v) is 18.3. The zero-order valence-electron chi connectivity index (χ0n) is 17.5. The van der Waals surface area contributed by atoms with E-state index in [1.165, 1.54) is 22.3 Å². The lowest BCUT2D eigenvalue weighted by molar-refractivity contribution is 1.28. The van der Waals surface area contributed by atoms with Crippen molar-refractivity contribution in [2.24, 2.45) is 0 Å². The molecule has 0 bridgehead atoms. The van der Waals surface area contributed by atoms with Crippen LogP contribution in [0.3, 0.4) is 0 Å². The molecule has 0 aliphatic rings. The first-order chi connectivity index (χ1) is 15.8. The van der Waals surface area contributed by atoms with E-state index in [1.807, 2.05) is 24.3 Å². The van der Waals surface area contributed by atoms with Crippen molar-refractivity contribution in [2.75, 3.05) is 4.90 Å². The largest absolute Gasteiger partial charge is 0.310 e. The van der Waals surface area contributed by atoms with Crippen LogP contribution in [0.4, 0.5) is 17.1 Å². The fourth-order valence-corrected chi connectivity index (χ4v) is 4.07. The summed E-state index contributed by atoms with van der Waals surface area (Å²) in [7, 11) is 0. The van der Waals surface area contributed by atoms with Crippen molar-refractivity contribution in [3.8, 4) is 22.3 Å². The summed E-state index contributed by atoms with van der Waals surface area (Å²) in [6, 6.07) is 46.2. The van der Waals surface area contributed by atoms with Crippen LogP contribution in [0.2, 0.25) is 5.02 Å². The number of nitrogens with zero attached hydrogens (tertiary/aromatic N) is 1. The van der Waals surface area contributed by atoms with Gasteiger partial charge in [-0.2, -0.15) is 0 Å². The number of benzene rings is 5. The lowest BCUT2D eigenvalue weighted by Crippen LogP contribution is -2.10. The van der Waals surface area contributed by atoms with E-state index in [9.17, 15) is 0 Å². The molecule has 2 heteroatoms. The predicted molar refractivity (Wildman–Crippen MR) is 137 cm³/mol. The van der Waals surface area contributed by atoms with Crippen LogP contribution in [0.1, 0.15) is 0 Å².